The largest absolute Gasteiger partial charge is 0.495 e. The van der Waals surface area contributed by atoms with E-state index in [1.54, 1.807) is 36.4 Å². The predicted octanol–water partition coefficient (Wildman–Crippen LogP) is 3.83. The molecular weight excluding hydrogens is 438 g/mol. The Morgan fingerprint density at radius 3 is 2.45 bits per heavy atom. The molecule has 1 aliphatic carbocycles. The molecule has 4 rings (SSSR count). The van der Waals surface area contributed by atoms with Crippen LogP contribution in [-0.4, -0.2) is 64.0 Å². The first-order valence-electron chi connectivity index (χ1n) is 11.7. The van der Waals surface area contributed by atoms with Gasteiger partial charge in [-0.1, -0.05) is 37.5 Å². The van der Waals surface area contributed by atoms with Crippen molar-refractivity contribution in [1.82, 2.24) is 9.80 Å². The highest BCUT2D eigenvalue weighted by atomic mass is 32.2. The number of anilines is 1. The molecule has 1 saturated carbocycles. The van der Waals surface area contributed by atoms with E-state index < -0.39 is 10.0 Å². The predicted molar refractivity (Wildman–Crippen MR) is 129 cm³/mol. The molecular formula is C25H33N3O4S. The zero-order valence-corrected chi connectivity index (χ0v) is 20.0. The summed E-state index contributed by atoms with van der Waals surface area (Å²) in [5, 5.41) is 0. The normalized spacial score (nSPS) is 18.2. The van der Waals surface area contributed by atoms with Crippen molar-refractivity contribution in [3.05, 3.63) is 54.1 Å². The Hall–Kier alpha value is -2.58. The van der Waals surface area contributed by atoms with Gasteiger partial charge in [0.05, 0.1) is 17.7 Å². The maximum atomic E-state index is 13.1. The quantitative estimate of drug-likeness (QED) is 0.664. The van der Waals surface area contributed by atoms with Gasteiger partial charge in [-0.25, -0.2) is 8.42 Å². The Bertz CT molecular complexity index is 1060. The fourth-order valence-electron chi connectivity index (χ4n) is 4.78. The minimum atomic E-state index is -3.87. The molecule has 1 aliphatic heterocycles. The number of benzene rings is 2. The molecule has 1 heterocycles. The molecule has 0 atom stereocenters. The molecule has 1 saturated heterocycles. The van der Waals surface area contributed by atoms with Crippen LogP contribution in [0.4, 0.5) is 5.69 Å². The maximum absolute atomic E-state index is 13.1. The van der Waals surface area contributed by atoms with Gasteiger partial charge in [0.25, 0.3) is 15.9 Å². The molecule has 1 amide bonds. The number of nitrogens with zero attached hydrogens (tertiary/aromatic N) is 2. The van der Waals surface area contributed by atoms with Crippen molar-refractivity contribution in [3.8, 4) is 5.75 Å². The van der Waals surface area contributed by atoms with Crippen molar-refractivity contribution < 1.29 is 17.9 Å². The summed E-state index contributed by atoms with van der Waals surface area (Å²) in [5.41, 5.74) is 0.740. The van der Waals surface area contributed by atoms with Gasteiger partial charge < -0.3 is 9.64 Å². The molecule has 0 spiro atoms. The molecule has 1 N–H and O–H groups in total. The third kappa shape index (κ3) is 5.86. The van der Waals surface area contributed by atoms with E-state index in [9.17, 15) is 13.2 Å². The van der Waals surface area contributed by atoms with Crippen LogP contribution in [0.1, 0.15) is 42.5 Å². The Balaban J connectivity index is 1.39. The van der Waals surface area contributed by atoms with Gasteiger partial charge in [-0.2, -0.15) is 0 Å². The smallest absolute Gasteiger partial charge is 0.262 e. The van der Waals surface area contributed by atoms with Crippen LogP contribution in [-0.2, 0) is 10.0 Å². The Labute approximate surface area is 196 Å². The number of piperazine rings is 1. The van der Waals surface area contributed by atoms with Crippen molar-refractivity contribution >= 4 is 21.6 Å². The summed E-state index contributed by atoms with van der Waals surface area (Å²) in [6, 6.07) is 13.1. The van der Waals surface area contributed by atoms with E-state index in [4.69, 9.17) is 4.74 Å². The van der Waals surface area contributed by atoms with Crippen LogP contribution in [0.15, 0.2) is 53.4 Å². The van der Waals surface area contributed by atoms with E-state index in [1.165, 1.54) is 51.3 Å². The van der Waals surface area contributed by atoms with Gasteiger partial charge in [-0.15, -0.1) is 0 Å². The summed E-state index contributed by atoms with van der Waals surface area (Å²) < 4.78 is 33.7. The molecule has 2 aliphatic rings. The van der Waals surface area contributed by atoms with Gasteiger partial charge in [0.1, 0.15) is 5.75 Å². The summed E-state index contributed by atoms with van der Waals surface area (Å²) in [4.78, 5) is 17.5. The number of ether oxygens (including phenoxy) is 1. The van der Waals surface area contributed by atoms with Gasteiger partial charge in [-0.3, -0.25) is 14.4 Å². The maximum Gasteiger partial charge on any atom is 0.262 e. The molecule has 33 heavy (non-hydrogen) atoms. The van der Waals surface area contributed by atoms with Crippen molar-refractivity contribution in [2.24, 2.45) is 5.92 Å². The highest BCUT2D eigenvalue weighted by Gasteiger charge is 2.26. The van der Waals surface area contributed by atoms with Crippen LogP contribution in [0.5, 0.6) is 5.75 Å². The first-order valence-corrected chi connectivity index (χ1v) is 13.2. The van der Waals surface area contributed by atoms with Crippen molar-refractivity contribution in [3.63, 3.8) is 0 Å². The summed E-state index contributed by atoms with van der Waals surface area (Å²) in [7, 11) is -2.38. The molecule has 0 radical (unpaired) electrons. The standard InChI is InChI=1S/C25H33N3O4S/c1-32-24-13-6-5-12-23(24)26-33(30,31)22-11-7-10-21(18-22)25(29)28-16-14-27(15-17-28)19-20-8-3-2-4-9-20/h5-7,10-13,18,20,26H,2-4,8-9,14-17,19H2,1H3. The number of carbonyl (C=O) groups excluding carboxylic acids is 1. The zero-order chi connectivity index (χ0) is 23.3. The lowest BCUT2D eigenvalue weighted by Crippen LogP contribution is -2.49. The van der Waals surface area contributed by atoms with Crippen LogP contribution in [0.25, 0.3) is 0 Å². The number of rotatable bonds is 7. The lowest BCUT2D eigenvalue weighted by molar-refractivity contribution is 0.0606. The minimum absolute atomic E-state index is 0.0511. The van der Waals surface area contributed by atoms with E-state index in [0.29, 0.717) is 30.1 Å². The van der Waals surface area contributed by atoms with Crippen LogP contribution in [0, 0.1) is 5.92 Å². The molecule has 7 nitrogen and oxygen atoms in total. The Morgan fingerprint density at radius 1 is 1.00 bits per heavy atom. The first-order chi connectivity index (χ1) is 16.0. The molecule has 2 fully saturated rings. The van der Waals surface area contributed by atoms with Crippen LogP contribution >= 0.6 is 0 Å². The zero-order valence-electron chi connectivity index (χ0n) is 19.2. The van der Waals surface area contributed by atoms with Crippen LogP contribution in [0.3, 0.4) is 0 Å². The monoisotopic (exact) mass is 471 g/mol. The highest BCUT2D eigenvalue weighted by Crippen LogP contribution is 2.27. The summed E-state index contributed by atoms with van der Waals surface area (Å²) in [6.45, 7) is 4.21. The molecule has 0 bridgehead atoms. The van der Waals surface area contributed by atoms with Crippen LogP contribution < -0.4 is 9.46 Å². The SMILES string of the molecule is COc1ccccc1NS(=O)(=O)c1cccc(C(=O)N2CCN(CC3CCCCC3)CC2)c1. The molecule has 0 aromatic heterocycles. The number of hydrogen-bond acceptors (Lipinski definition) is 5. The molecule has 2 aromatic rings. The lowest BCUT2D eigenvalue weighted by Gasteiger charge is -2.37. The topological polar surface area (TPSA) is 78.9 Å². The van der Waals surface area contributed by atoms with E-state index in [2.05, 4.69) is 9.62 Å². The number of para-hydroxylation sites is 2. The van der Waals surface area contributed by atoms with E-state index in [1.807, 2.05) is 4.90 Å². The molecule has 2 aromatic carbocycles. The van der Waals surface area contributed by atoms with Gasteiger partial charge in [0.15, 0.2) is 0 Å². The number of nitrogens with one attached hydrogen (secondary N) is 1. The van der Waals surface area contributed by atoms with E-state index >= 15 is 0 Å². The second-order valence-electron chi connectivity index (χ2n) is 8.93. The van der Waals surface area contributed by atoms with Crippen molar-refractivity contribution in [2.75, 3.05) is 44.6 Å². The van der Waals surface area contributed by atoms with Crippen molar-refractivity contribution in [1.29, 1.82) is 0 Å². The average Bonchev–Trinajstić information content (AvgIpc) is 2.85. The van der Waals surface area contributed by atoms with Gasteiger partial charge in [-0.05, 0) is 49.1 Å². The second-order valence-corrected chi connectivity index (χ2v) is 10.6. The van der Waals surface area contributed by atoms with E-state index in [-0.39, 0.29) is 10.8 Å². The van der Waals surface area contributed by atoms with Gasteiger partial charge in [0.2, 0.25) is 0 Å². The lowest BCUT2D eigenvalue weighted by atomic mass is 9.89. The average molecular weight is 472 g/mol. The molecule has 8 heteroatoms. The molecule has 0 unspecified atom stereocenters. The Morgan fingerprint density at radius 2 is 1.73 bits per heavy atom. The summed E-state index contributed by atoms with van der Waals surface area (Å²) in [5.74, 6) is 1.10. The summed E-state index contributed by atoms with van der Waals surface area (Å²) in [6.07, 6.45) is 6.69. The number of methoxy groups -OCH3 is 1. The minimum Gasteiger partial charge on any atom is -0.495 e. The first kappa shape index (κ1) is 23.6. The van der Waals surface area contributed by atoms with Crippen molar-refractivity contribution in [2.45, 2.75) is 37.0 Å². The number of carbonyl (C=O) groups is 1. The Kier molecular flexibility index (Phi) is 7.55. The summed E-state index contributed by atoms with van der Waals surface area (Å²) >= 11 is 0. The molecule has 178 valence electrons. The van der Waals surface area contributed by atoms with Crippen LogP contribution in [0.2, 0.25) is 0 Å². The van der Waals surface area contributed by atoms with E-state index in [0.717, 1.165) is 25.6 Å². The second kappa shape index (κ2) is 10.6. The third-order valence-corrected chi connectivity index (χ3v) is 8.01. The van der Waals surface area contributed by atoms with Gasteiger partial charge in [0, 0.05) is 38.3 Å². The third-order valence-electron chi connectivity index (χ3n) is 6.64. The number of hydrogen-bond donors (Lipinski definition) is 1. The fourth-order valence-corrected chi connectivity index (χ4v) is 5.90. The number of amides is 1. The number of sulfonamides is 1. The fraction of sp³-hybridized carbons (Fsp3) is 0.480. The van der Waals surface area contributed by atoms with Gasteiger partial charge >= 0.3 is 0 Å². The highest BCUT2D eigenvalue weighted by molar-refractivity contribution is 7.92.